The average molecular weight is 413 g/mol. The van der Waals surface area contributed by atoms with Gasteiger partial charge in [-0.25, -0.2) is 4.79 Å². The Labute approximate surface area is 173 Å². The van der Waals surface area contributed by atoms with Crippen LogP contribution in [0.2, 0.25) is 0 Å². The zero-order valence-corrected chi connectivity index (χ0v) is 16.9. The number of nitrogens with one attached hydrogen (secondary N) is 2. The molecular weight excluding hydrogens is 390 g/mol. The Morgan fingerprint density at radius 1 is 1.10 bits per heavy atom. The van der Waals surface area contributed by atoms with Gasteiger partial charge in [0.25, 0.3) is 11.8 Å². The SMILES string of the molecule is CCOc1ccccc1OCC(=O)NN1C(=O)N[C@](C)(c2cccc(OC)c2)C1=O. The van der Waals surface area contributed by atoms with Gasteiger partial charge in [0.15, 0.2) is 18.1 Å². The van der Waals surface area contributed by atoms with E-state index in [0.717, 1.165) is 0 Å². The van der Waals surface area contributed by atoms with Gasteiger partial charge in [0, 0.05) is 0 Å². The molecule has 0 unspecified atom stereocenters. The smallest absolute Gasteiger partial charge is 0.344 e. The number of carbonyl (C=O) groups is 3. The number of hydrazine groups is 1. The number of hydrogen-bond acceptors (Lipinski definition) is 6. The molecule has 0 bridgehead atoms. The molecule has 3 rings (SSSR count). The van der Waals surface area contributed by atoms with Crippen molar-refractivity contribution in [1.29, 1.82) is 0 Å². The van der Waals surface area contributed by atoms with E-state index in [1.165, 1.54) is 7.11 Å². The lowest BCUT2D eigenvalue weighted by Gasteiger charge is -2.22. The summed E-state index contributed by atoms with van der Waals surface area (Å²) in [6.45, 7) is 3.43. The van der Waals surface area contributed by atoms with Crippen LogP contribution in [0.25, 0.3) is 0 Å². The molecule has 4 amide bonds. The van der Waals surface area contributed by atoms with Crippen LogP contribution in [0.3, 0.4) is 0 Å². The minimum atomic E-state index is -1.35. The number of amides is 4. The Kier molecular flexibility index (Phi) is 6.10. The number of rotatable bonds is 8. The summed E-state index contributed by atoms with van der Waals surface area (Å²) in [7, 11) is 1.51. The van der Waals surface area contributed by atoms with Crippen molar-refractivity contribution in [3.8, 4) is 17.2 Å². The minimum Gasteiger partial charge on any atom is -0.497 e. The summed E-state index contributed by atoms with van der Waals surface area (Å²) in [6.07, 6.45) is 0. The van der Waals surface area contributed by atoms with Crippen molar-refractivity contribution in [2.24, 2.45) is 0 Å². The summed E-state index contributed by atoms with van der Waals surface area (Å²) < 4.78 is 16.1. The first kappa shape index (κ1) is 21.0. The topological polar surface area (TPSA) is 106 Å². The Hall–Kier alpha value is -3.75. The molecule has 1 aliphatic heterocycles. The molecule has 2 N–H and O–H groups in total. The van der Waals surface area contributed by atoms with Gasteiger partial charge in [0.2, 0.25) is 0 Å². The van der Waals surface area contributed by atoms with Crippen molar-refractivity contribution < 1.29 is 28.6 Å². The van der Waals surface area contributed by atoms with Gasteiger partial charge in [-0.1, -0.05) is 24.3 Å². The van der Waals surface area contributed by atoms with Gasteiger partial charge in [-0.15, -0.1) is 0 Å². The maximum absolute atomic E-state index is 12.9. The quantitative estimate of drug-likeness (QED) is 0.641. The van der Waals surface area contributed by atoms with Gasteiger partial charge in [0.05, 0.1) is 13.7 Å². The first-order valence-electron chi connectivity index (χ1n) is 9.34. The van der Waals surface area contributed by atoms with Crippen LogP contribution in [-0.4, -0.2) is 43.2 Å². The largest absolute Gasteiger partial charge is 0.497 e. The normalized spacial score (nSPS) is 18.0. The molecule has 0 spiro atoms. The summed E-state index contributed by atoms with van der Waals surface area (Å²) in [6, 6.07) is 12.9. The Bertz CT molecular complexity index is 963. The van der Waals surface area contributed by atoms with Crippen LogP contribution in [0.15, 0.2) is 48.5 Å². The lowest BCUT2D eigenvalue weighted by molar-refractivity contribution is -0.139. The minimum absolute atomic E-state index is 0.382. The molecule has 2 aromatic rings. The predicted octanol–water partition coefficient (Wildman–Crippen LogP) is 1.97. The number of ether oxygens (including phenoxy) is 3. The van der Waals surface area contributed by atoms with Gasteiger partial charge in [0.1, 0.15) is 11.3 Å². The molecule has 2 aromatic carbocycles. The molecule has 1 aliphatic rings. The summed E-state index contributed by atoms with van der Waals surface area (Å²) in [5.74, 6) is 0.129. The van der Waals surface area contributed by atoms with E-state index in [9.17, 15) is 14.4 Å². The standard InChI is InChI=1S/C21H23N3O6/c1-4-29-16-10-5-6-11-17(16)30-13-18(25)23-24-19(26)21(2,22-20(24)27)14-8-7-9-15(12-14)28-3/h5-12H,4,13H2,1-3H3,(H,22,27)(H,23,25)/t21-/m1/s1. The van der Waals surface area contributed by atoms with Crippen LogP contribution in [0.4, 0.5) is 4.79 Å². The lowest BCUT2D eigenvalue weighted by atomic mass is 9.92. The third-order valence-electron chi connectivity index (χ3n) is 4.58. The summed E-state index contributed by atoms with van der Waals surface area (Å²) >= 11 is 0. The number of benzene rings is 2. The van der Waals surface area contributed by atoms with Crippen molar-refractivity contribution in [2.75, 3.05) is 20.3 Å². The molecule has 0 aliphatic carbocycles. The average Bonchev–Trinajstić information content (AvgIpc) is 2.97. The number of carbonyl (C=O) groups excluding carboxylic acids is 3. The van der Waals surface area contributed by atoms with Gasteiger partial charge < -0.3 is 19.5 Å². The number of nitrogens with zero attached hydrogens (tertiary/aromatic N) is 1. The highest BCUT2D eigenvalue weighted by Crippen LogP contribution is 2.30. The number of urea groups is 1. The molecular formula is C21H23N3O6. The number of methoxy groups -OCH3 is 1. The second-order valence-corrected chi connectivity index (χ2v) is 6.63. The zero-order valence-electron chi connectivity index (χ0n) is 16.9. The first-order valence-corrected chi connectivity index (χ1v) is 9.34. The van der Waals surface area contributed by atoms with Crippen LogP contribution in [-0.2, 0) is 15.1 Å². The predicted molar refractivity (Wildman–Crippen MR) is 107 cm³/mol. The Balaban J connectivity index is 1.67. The highest BCUT2D eigenvalue weighted by Gasteiger charge is 2.50. The molecule has 1 saturated heterocycles. The molecule has 9 nitrogen and oxygen atoms in total. The first-order chi connectivity index (χ1) is 14.4. The fourth-order valence-corrected chi connectivity index (χ4v) is 3.01. The second kappa shape index (κ2) is 8.73. The van der Waals surface area contributed by atoms with Crippen LogP contribution in [0, 0.1) is 0 Å². The molecule has 1 heterocycles. The molecule has 9 heteroatoms. The van der Waals surface area contributed by atoms with Crippen LogP contribution < -0.4 is 25.0 Å². The molecule has 0 aromatic heterocycles. The van der Waals surface area contributed by atoms with E-state index in [1.54, 1.807) is 55.5 Å². The number of para-hydroxylation sites is 2. The fourth-order valence-electron chi connectivity index (χ4n) is 3.01. The highest BCUT2D eigenvalue weighted by molar-refractivity contribution is 6.08. The molecule has 1 atom stereocenters. The summed E-state index contributed by atoms with van der Waals surface area (Å²) in [4.78, 5) is 37.6. The molecule has 30 heavy (non-hydrogen) atoms. The van der Waals surface area contributed by atoms with E-state index in [2.05, 4.69) is 10.7 Å². The van der Waals surface area contributed by atoms with E-state index in [0.29, 0.717) is 34.4 Å². The van der Waals surface area contributed by atoms with E-state index in [4.69, 9.17) is 14.2 Å². The zero-order chi connectivity index (χ0) is 21.7. The molecule has 0 radical (unpaired) electrons. The van der Waals surface area contributed by atoms with Crippen LogP contribution >= 0.6 is 0 Å². The van der Waals surface area contributed by atoms with Gasteiger partial charge in [-0.05, 0) is 43.7 Å². The van der Waals surface area contributed by atoms with Gasteiger partial charge in [-0.2, -0.15) is 5.01 Å². The highest BCUT2D eigenvalue weighted by atomic mass is 16.5. The van der Waals surface area contributed by atoms with E-state index in [1.807, 2.05) is 6.92 Å². The number of hydrogen-bond donors (Lipinski definition) is 2. The van der Waals surface area contributed by atoms with E-state index >= 15 is 0 Å². The molecule has 158 valence electrons. The second-order valence-electron chi connectivity index (χ2n) is 6.63. The van der Waals surface area contributed by atoms with E-state index < -0.39 is 30.0 Å². The maximum Gasteiger partial charge on any atom is 0.344 e. The van der Waals surface area contributed by atoms with Crippen molar-refractivity contribution in [3.63, 3.8) is 0 Å². The fraction of sp³-hybridized carbons (Fsp3) is 0.286. The van der Waals surface area contributed by atoms with Crippen molar-refractivity contribution >= 4 is 17.8 Å². The maximum atomic E-state index is 12.9. The molecule has 1 fully saturated rings. The van der Waals surface area contributed by atoms with Crippen molar-refractivity contribution in [2.45, 2.75) is 19.4 Å². The lowest BCUT2D eigenvalue weighted by Crippen LogP contribution is -2.49. The van der Waals surface area contributed by atoms with Crippen LogP contribution in [0.1, 0.15) is 19.4 Å². The molecule has 0 saturated carbocycles. The van der Waals surface area contributed by atoms with Crippen molar-refractivity contribution in [3.05, 3.63) is 54.1 Å². The third-order valence-corrected chi connectivity index (χ3v) is 4.58. The summed E-state index contributed by atoms with van der Waals surface area (Å²) in [5, 5.41) is 3.26. The van der Waals surface area contributed by atoms with Gasteiger partial charge in [-0.3, -0.25) is 15.0 Å². The summed E-state index contributed by atoms with van der Waals surface area (Å²) in [5.41, 5.74) is 1.47. The monoisotopic (exact) mass is 413 g/mol. The Morgan fingerprint density at radius 3 is 2.47 bits per heavy atom. The Morgan fingerprint density at radius 2 is 1.80 bits per heavy atom. The van der Waals surface area contributed by atoms with Crippen molar-refractivity contribution in [1.82, 2.24) is 15.8 Å². The van der Waals surface area contributed by atoms with E-state index in [-0.39, 0.29) is 0 Å². The third kappa shape index (κ3) is 4.14. The number of imide groups is 1. The van der Waals surface area contributed by atoms with Gasteiger partial charge >= 0.3 is 6.03 Å². The van der Waals surface area contributed by atoms with Crippen LogP contribution in [0.5, 0.6) is 17.2 Å².